The van der Waals surface area contributed by atoms with Crippen LogP contribution in [0.4, 0.5) is 0 Å². The summed E-state index contributed by atoms with van der Waals surface area (Å²) in [6, 6.07) is 0. The highest BCUT2D eigenvalue weighted by Gasteiger charge is 2.25. The van der Waals surface area contributed by atoms with Crippen LogP contribution in [0, 0.1) is 0 Å². The van der Waals surface area contributed by atoms with Crippen molar-refractivity contribution in [3.8, 4) is 0 Å². The molecule has 5 nitrogen and oxygen atoms in total. The molecule has 1 fully saturated rings. The lowest BCUT2D eigenvalue weighted by Gasteiger charge is -2.20. The third-order valence-corrected chi connectivity index (χ3v) is 2.25. The number of aromatic nitrogens is 2. The molecular weight excluding hydrogens is 172 g/mol. The first-order valence-electron chi connectivity index (χ1n) is 4.30. The van der Waals surface area contributed by atoms with Crippen LogP contribution in [-0.2, 0) is 11.2 Å². The highest BCUT2D eigenvalue weighted by molar-refractivity contribution is 5.68. The molecule has 1 aliphatic rings. The second kappa shape index (κ2) is 3.16. The zero-order chi connectivity index (χ0) is 9.26. The van der Waals surface area contributed by atoms with E-state index < -0.39 is 5.97 Å². The molecule has 0 unspecified atom stereocenters. The van der Waals surface area contributed by atoms with E-state index in [0.717, 1.165) is 12.8 Å². The van der Waals surface area contributed by atoms with Gasteiger partial charge in [0.15, 0.2) is 5.82 Å². The first kappa shape index (κ1) is 8.22. The van der Waals surface area contributed by atoms with Gasteiger partial charge >= 0.3 is 5.97 Å². The Kier molecular flexibility index (Phi) is 2.00. The van der Waals surface area contributed by atoms with Crippen molar-refractivity contribution in [2.24, 2.45) is 0 Å². The lowest BCUT2D eigenvalue weighted by atomic mass is 9.85. The second-order valence-electron chi connectivity index (χ2n) is 3.25. The number of carboxylic acids is 1. The van der Waals surface area contributed by atoms with E-state index in [2.05, 4.69) is 10.1 Å². The van der Waals surface area contributed by atoms with Crippen LogP contribution in [-0.4, -0.2) is 21.2 Å². The topological polar surface area (TPSA) is 76.2 Å². The van der Waals surface area contributed by atoms with Crippen LogP contribution in [0.25, 0.3) is 0 Å². The van der Waals surface area contributed by atoms with Crippen LogP contribution in [0.3, 0.4) is 0 Å². The number of hydrogen-bond donors (Lipinski definition) is 1. The van der Waals surface area contributed by atoms with E-state index in [1.807, 2.05) is 0 Å². The average molecular weight is 182 g/mol. The number of nitrogens with zero attached hydrogens (tertiary/aromatic N) is 2. The van der Waals surface area contributed by atoms with Crippen LogP contribution in [0.15, 0.2) is 4.52 Å². The van der Waals surface area contributed by atoms with E-state index in [1.54, 1.807) is 0 Å². The smallest absolute Gasteiger partial charge is 0.311 e. The molecule has 0 aromatic carbocycles. The molecule has 0 saturated heterocycles. The summed E-state index contributed by atoms with van der Waals surface area (Å²) < 4.78 is 4.94. The fraction of sp³-hybridized carbons (Fsp3) is 0.625. The first-order chi connectivity index (χ1) is 6.25. The Morgan fingerprint density at radius 2 is 2.38 bits per heavy atom. The lowest BCUT2D eigenvalue weighted by Crippen LogP contribution is -2.09. The van der Waals surface area contributed by atoms with E-state index in [4.69, 9.17) is 9.63 Å². The van der Waals surface area contributed by atoms with Gasteiger partial charge in [-0.25, -0.2) is 0 Å². The Hall–Kier alpha value is -1.39. The highest BCUT2D eigenvalue weighted by atomic mass is 16.5. The minimum absolute atomic E-state index is 0.157. The molecule has 0 radical (unpaired) electrons. The van der Waals surface area contributed by atoms with Crippen molar-refractivity contribution in [2.75, 3.05) is 0 Å². The molecule has 1 aromatic heterocycles. The maximum atomic E-state index is 10.3. The quantitative estimate of drug-likeness (QED) is 0.753. The van der Waals surface area contributed by atoms with Crippen LogP contribution < -0.4 is 0 Å². The Morgan fingerprint density at radius 1 is 1.62 bits per heavy atom. The molecular formula is C8H10N2O3. The zero-order valence-electron chi connectivity index (χ0n) is 7.06. The van der Waals surface area contributed by atoms with Gasteiger partial charge in [-0.3, -0.25) is 4.79 Å². The number of aliphatic carboxylic acids is 1. The number of carbonyl (C=O) groups is 1. The standard InChI is InChI=1S/C8H10N2O3/c11-7(12)4-6-9-8(13-10-6)5-2-1-3-5/h5H,1-4H2,(H,11,12). The average Bonchev–Trinajstić information content (AvgIpc) is 2.31. The van der Waals surface area contributed by atoms with E-state index in [-0.39, 0.29) is 12.2 Å². The van der Waals surface area contributed by atoms with Crippen molar-refractivity contribution in [3.63, 3.8) is 0 Å². The Labute approximate surface area is 74.8 Å². The molecule has 1 saturated carbocycles. The third-order valence-electron chi connectivity index (χ3n) is 2.25. The Bertz CT molecular complexity index is 317. The molecule has 1 heterocycles. The number of carboxylic acid groups (broad SMARTS) is 1. The highest BCUT2D eigenvalue weighted by Crippen LogP contribution is 2.35. The predicted molar refractivity (Wildman–Crippen MR) is 42.2 cm³/mol. The van der Waals surface area contributed by atoms with Crippen molar-refractivity contribution in [3.05, 3.63) is 11.7 Å². The lowest BCUT2D eigenvalue weighted by molar-refractivity contribution is -0.136. The largest absolute Gasteiger partial charge is 0.481 e. The van der Waals surface area contributed by atoms with Crippen molar-refractivity contribution in [2.45, 2.75) is 31.6 Å². The summed E-state index contributed by atoms with van der Waals surface area (Å²) >= 11 is 0. The van der Waals surface area contributed by atoms with Crippen LogP contribution in [0.2, 0.25) is 0 Å². The summed E-state index contributed by atoms with van der Waals surface area (Å²) in [6.45, 7) is 0. The number of rotatable bonds is 3. The summed E-state index contributed by atoms with van der Waals surface area (Å²) in [5.41, 5.74) is 0. The molecule has 70 valence electrons. The molecule has 0 bridgehead atoms. The maximum Gasteiger partial charge on any atom is 0.311 e. The monoisotopic (exact) mass is 182 g/mol. The fourth-order valence-electron chi connectivity index (χ4n) is 1.30. The zero-order valence-corrected chi connectivity index (χ0v) is 7.06. The van der Waals surface area contributed by atoms with Gasteiger partial charge in [0.25, 0.3) is 0 Å². The SMILES string of the molecule is O=C(O)Cc1noc(C2CCC2)n1. The molecule has 0 aliphatic heterocycles. The van der Waals surface area contributed by atoms with Gasteiger partial charge in [0.2, 0.25) is 5.89 Å². The second-order valence-corrected chi connectivity index (χ2v) is 3.25. The van der Waals surface area contributed by atoms with Gasteiger partial charge in [-0.05, 0) is 12.8 Å². The Morgan fingerprint density at radius 3 is 2.92 bits per heavy atom. The molecule has 0 atom stereocenters. The molecule has 1 aliphatic carbocycles. The molecule has 1 aromatic rings. The fourth-order valence-corrected chi connectivity index (χ4v) is 1.30. The predicted octanol–water partition coefficient (Wildman–Crippen LogP) is 0.964. The van der Waals surface area contributed by atoms with E-state index in [1.165, 1.54) is 6.42 Å². The van der Waals surface area contributed by atoms with Gasteiger partial charge in [0.05, 0.1) is 0 Å². The van der Waals surface area contributed by atoms with Gasteiger partial charge in [-0.15, -0.1) is 0 Å². The van der Waals surface area contributed by atoms with Crippen molar-refractivity contribution >= 4 is 5.97 Å². The first-order valence-corrected chi connectivity index (χ1v) is 4.30. The van der Waals surface area contributed by atoms with Crippen LogP contribution in [0.1, 0.15) is 36.9 Å². The van der Waals surface area contributed by atoms with E-state index >= 15 is 0 Å². The minimum atomic E-state index is -0.930. The molecule has 0 amide bonds. The van der Waals surface area contributed by atoms with Crippen molar-refractivity contribution in [1.29, 1.82) is 0 Å². The van der Waals surface area contributed by atoms with Gasteiger partial charge in [-0.1, -0.05) is 11.6 Å². The van der Waals surface area contributed by atoms with E-state index in [9.17, 15) is 4.79 Å². The summed E-state index contributed by atoms with van der Waals surface area (Å²) in [5.74, 6) is 0.313. The molecule has 5 heteroatoms. The van der Waals surface area contributed by atoms with Crippen LogP contribution >= 0.6 is 0 Å². The normalized spacial score (nSPS) is 16.9. The van der Waals surface area contributed by atoms with E-state index in [0.29, 0.717) is 11.8 Å². The van der Waals surface area contributed by atoms with Crippen molar-refractivity contribution in [1.82, 2.24) is 10.1 Å². The summed E-state index contributed by atoms with van der Waals surface area (Å²) in [6.07, 6.45) is 3.20. The number of hydrogen-bond acceptors (Lipinski definition) is 4. The van der Waals surface area contributed by atoms with Crippen LogP contribution in [0.5, 0.6) is 0 Å². The summed E-state index contributed by atoms with van der Waals surface area (Å²) in [7, 11) is 0. The molecule has 13 heavy (non-hydrogen) atoms. The minimum Gasteiger partial charge on any atom is -0.481 e. The van der Waals surface area contributed by atoms with Gasteiger partial charge in [-0.2, -0.15) is 4.98 Å². The molecule has 0 spiro atoms. The Balaban J connectivity index is 2.04. The van der Waals surface area contributed by atoms with Gasteiger partial charge in [0.1, 0.15) is 6.42 Å². The molecule has 2 rings (SSSR count). The van der Waals surface area contributed by atoms with Gasteiger partial charge in [0, 0.05) is 5.92 Å². The summed E-state index contributed by atoms with van der Waals surface area (Å²) in [4.78, 5) is 14.3. The molecule has 1 N–H and O–H groups in total. The van der Waals surface area contributed by atoms with Crippen molar-refractivity contribution < 1.29 is 14.4 Å². The summed E-state index contributed by atoms with van der Waals surface area (Å²) in [5, 5.41) is 12.1. The maximum absolute atomic E-state index is 10.3. The van der Waals surface area contributed by atoms with Gasteiger partial charge < -0.3 is 9.63 Å². The third kappa shape index (κ3) is 1.68.